The van der Waals surface area contributed by atoms with E-state index in [4.69, 9.17) is 0 Å². The molecule has 11 heteroatoms. The molecule has 1 aliphatic heterocycles. The van der Waals surface area contributed by atoms with E-state index >= 15 is 0 Å². The number of anilines is 1. The average Bonchev–Trinajstić information content (AvgIpc) is 3.18. The van der Waals surface area contributed by atoms with E-state index in [0.717, 1.165) is 42.9 Å². The number of nitrogens with zero attached hydrogens (tertiary/aromatic N) is 3. The van der Waals surface area contributed by atoms with Crippen molar-refractivity contribution in [2.24, 2.45) is 0 Å². The molecular weight excluding hydrogens is 458 g/mol. The van der Waals surface area contributed by atoms with Crippen molar-refractivity contribution in [2.75, 3.05) is 18.4 Å². The lowest BCUT2D eigenvalue weighted by atomic mass is 10.0. The second-order valence-corrected chi connectivity index (χ2v) is 6.17. The van der Waals surface area contributed by atoms with Crippen LogP contribution in [-0.2, 0) is 0 Å². The number of aromatic hydroxyl groups is 1. The minimum atomic E-state index is 0. The maximum Gasteiger partial charge on any atom is 0.144 e. The molecule has 0 unspecified atom stereocenters. The van der Waals surface area contributed by atoms with Gasteiger partial charge in [-0.25, -0.2) is 4.98 Å². The Kier molecular flexibility index (Phi) is 11.9. The lowest BCUT2D eigenvalue weighted by Gasteiger charge is -2.23. The minimum Gasteiger partial charge on any atom is -0.507 e. The van der Waals surface area contributed by atoms with Crippen LogP contribution in [0.25, 0.3) is 22.4 Å². The molecule has 0 aliphatic carbocycles. The highest BCUT2D eigenvalue weighted by atomic mass is 35.5. The fraction of sp³-hybridized carbons (Fsp3) is 0.278. The van der Waals surface area contributed by atoms with E-state index in [1.165, 1.54) is 0 Å². The summed E-state index contributed by atoms with van der Waals surface area (Å²) in [7, 11) is 0. The lowest BCUT2D eigenvalue weighted by Crippen LogP contribution is -2.35. The monoisotopic (exact) mass is 480 g/mol. The van der Waals surface area contributed by atoms with Gasteiger partial charge in [-0.3, -0.25) is 10.1 Å². The van der Waals surface area contributed by atoms with Crippen molar-refractivity contribution in [3.8, 4) is 28.1 Å². The van der Waals surface area contributed by atoms with Gasteiger partial charge in [0.25, 0.3) is 0 Å². The maximum absolute atomic E-state index is 10.4. The van der Waals surface area contributed by atoms with Crippen LogP contribution >= 0.6 is 49.6 Å². The van der Waals surface area contributed by atoms with E-state index in [2.05, 4.69) is 30.8 Å². The van der Waals surface area contributed by atoms with Crippen molar-refractivity contribution in [1.82, 2.24) is 25.5 Å². The number of halogens is 4. The van der Waals surface area contributed by atoms with Crippen LogP contribution in [0.2, 0.25) is 0 Å². The number of hydrogen-bond acceptors (Lipinski definition) is 6. The van der Waals surface area contributed by atoms with E-state index in [0.29, 0.717) is 17.3 Å². The second kappa shape index (κ2) is 12.7. The molecule has 1 aromatic carbocycles. The van der Waals surface area contributed by atoms with Crippen molar-refractivity contribution in [1.29, 1.82) is 0 Å². The third-order valence-electron chi connectivity index (χ3n) is 4.45. The molecule has 4 N–H and O–H groups in total. The summed E-state index contributed by atoms with van der Waals surface area (Å²) >= 11 is 0. The number of aromatic nitrogens is 4. The molecule has 160 valence electrons. The molecule has 1 aliphatic rings. The molecule has 2 aromatic heterocycles. The summed E-state index contributed by atoms with van der Waals surface area (Å²) in [5.74, 6) is 0.942. The van der Waals surface area contributed by atoms with Crippen LogP contribution in [0, 0.1) is 0 Å². The Morgan fingerprint density at radius 3 is 2.28 bits per heavy atom. The number of phenolic OH excluding ortho intramolecular Hbond substituents is 1. The molecule has 3 heterocycles. The van der Waals surface area contributed by atoms with E-state index < -0.39 is 0 Å². The van der Waals surface area contributed by atoms with Crippen molar-refractivity contribution in [3.05, 3.63) is 43.0 Å². The van der Waals surface area contributed by atoms with Crippen molar-refractivity contribution < 1.29 is 5.11 Å². The quantitative estimate of drug-likeness (QED) is 0.448. The Hall–Kier alpha value is -1.77. The zero-order valence-electron chi connectivity index (χ0n) is 15.4. The number of H-pyrrole nitrogens is 1. The van der Waals surface area contributed by atoms with Gasteiger partial charge in [-0.05, 0) is 43.6 Å². The van der Waals surface area contributed by atoms with Gasteiger partial charge in [-0.1, -0.05) is 6.07 Å². The van der Waals surface area contributed by atoms with Gasteiger partial charge in [-0.2, -0.15) is 5.10 Å². The van der Waals surface area contributed by atoms with Crippen LogP contribution in [0.5, 0.6) is 5.75 Å². The molecule has 4 rings (SSSR count). The molecule has 0 spiro atoms. The Morgan fingerprint density at radius 2 is 1.69 bits per heavy atom. The predicted molar refractivity (Wildman–Crippen MR) is 125 cm³/mol. The lowest BCUT2D eigenvalue weighted by molar-refractivity contribution is 0.477. The van der Waals surface area contributed by atoms with E-state index in [1.807, 2.05) is 12.1 Å². The SMILES string of the molecule is Cl.Cl.Cl.Cl.Oc1cc(-c2cn[nH]c2)ccc1-c1cnc(NC2CCNCC2)cn1. The standard InChI is InChI=1S/C18H20N6O.4ClH/c25-17-7-12(13-8-22-23-9-13)1-2-15(17)16-10-21-18(11-20-16)24-14-3-5-19-6-4-14;;;;/h1-2,7-11,14,19,25H,3-6H2,(H,21,24)(H,22,23);4*1H. The number of rotatable bonds is 4. The first-order valence-corrected chi connectivity index (χ1v) is 8.41. The fourth-order valence-corrected chi connectivity index (χ4v) is 3.05. The molecule has 0 bridgehead atoms. The number of aromatic amines is 1. The minimum absolute atomic E-state index is 0. The van der Waals surface area contributed by atoms with E-state index in [1.54, 1.807) is 30.9 Å². The van der Waals surface area contributed by atoms with Gasteiger partial charge < -0.3 is 15.7 Å². The maximum atomic E-state index is 10.4. The first-order valence-electron chi connectivity index (χ1n) is 8.41. The van der Waals surface area contributed by atoms with Crippen molar-refractivity contribution in [2.45, 2.75) is 18.9 Å². The van der Waals surface area contributed by atoms with Gasteiger partial charge in [0.05, 0.1) is 24.3 Å². The van der Waals surface area contributed by atoms with Crippen LogP contribution in [0.15, 0.2) is 43.0 Å². The summed E-state index contributed by atoms with van der Waals surface area (Å²) in [4.78, 5) is 8.89. The van der Waals surface area contributed by atoms with Gasteiger partial charge in [0, 0.05) is 23.4 Å². The first kappa shape index (κ1) is 27.2. The molecule has 0 amide bonds. The second-order valence-electron chi connectivity index (χ2n) is 6.17. The highest BCUT2D eigenvalue weighted by Crippen LogP contribution is 2.32. The summed E-state index contributed by atoms with van der Waals surface area (Å²) in [5, 5.41) is 23.8. The van der Waals surface area contributed by atoms with Gasteiger partial charge >= 0.3 is 0 Å². The van der Waals surface area contributed by atoms with Crippen LogP contribution < -0.4 is 10.6 Å². The van der Waals surface area contributed by atoms with Crippen LogP contribution in [0.1, 0.15) is 12.8 Å². The van der Waals surface area contributed by atoms with Crippen molar-refractivity contribution in [3.63, 3.8) is 0 Å². The first-order chi connectivity index (χ1) is 12.3. The highest BCUT2D eigenvalue weighted by Gasteiger charge is 2.14. The summed E-state index contributed by atoms with van der Waals surface area (Å²) in [6.07, 6.45) is 9.08. The number of piperidine rings is 1. The van der Waals surface area contributed by atoms with Gasteiger partial charge in [0.1, 0.15) is 11.6 Å². The third-order valence-corrected chi connectivity index (χ3v) is 4.45. The Balaban J connectivity index is 0.00000196. The molecule has 3 aromatic rings. The van der Waals surface area contributed by atoms with Gasteiger partial charge in [-0.15, -0.1) is 49.6 Å². The normalized spacial score (nSPS) is 13.1. The molecule has 0 atom stereocenters. The molecule has 29 heavy (non-hydrogen) atoms. The smallest absolute Gasteiger partial charge is 0.144 e. The largest absolute Gasteiger partial charge is 0.507 e. The van der Waals surface area contributed by atoms with Crippen LogP contribution in [0.4, 0.5) is 5.82 Å². The van der Waals surface area contributed by atoms with Gasteiger partial charge in [0.2, 0.25) is 0 Å². The molecule has 1 fully saturated rings. The molecule has 7 nitrogen and oxygen atoms in total. The number of phenols is 1. The average molecular weight is 482 g/mol. The zero-order valence-corrected chi connectivity index (χ0v) is 18.6. The predicted octanol–water partition coefficient (Wildman–Crippen LogP) is 4.09. The molecule has 1 saturated heterocycles. The summed E-state index contributed by atoms with van der Waals surface area (Å²) in [6.45, 7) is 2.06. The Morgan fingerprint density at radius 1 is 0.931 bits per heavy atom. The van der Waals surface area contributed by atoms with Gasteiger partial charge in [0.15, 0.2) is 0 Å². The zero-order chi connectivity index (χ0) is 17.1. The van der Waals surface area contributed by atoms with Crippen LogP contribution in [-0.4, -0.2) is 44.4 Å². The summed E-state index contributed by atoms with van der Waals surface area (Å²) in [6, 6.07) is 5.93. The Bertz CT molecular complexity index is 842. The molecule has 0 radical (unpaired) electrons. The number of hydrogen-bond donors (Lipinski definition) is 4. The fourth-order valence-electron chi connectivity index (χ4n) is 3.05. The number of nitrogens with one attached hydrogen (secondary N) is 3. The highest BCUT2D eigenvalue weighted by molar-refractivity contribution is 5.86. The molecule has 0 saturated carbocycles. The topological polar surface area (TPSA) is 98.8 Å². The third kappa shape index (κ3) is 6.62. The summed E-state index contributed by atoms with van der Waals surface area (Å²) in [5.41, 5.74) is 3.13. The van der Waals surface area contributed by atoms with Crippen LogP contribution in [0.3, 0.4) is 0 Å². The Labute approximate surface area is 194 Å². The number of benzene rings is 1. The molecular formula is C18H24Cl4N6O. The van der Waals surface area contributed by atoms with E-state index in [9.17, 15) is 5.11 Å². The summed E-state index contributed by atoms with van der Waals surface area (Å²) < 4.78 is 0. The van der Waals surface area contributed by atoms with E-state index in [-0.39, 0.29) is 55.4 Å². The van der Waals surface area contributed by atoms with Crippen molar-refractivity contribution >= 4 is 55.4 Å².